The van der Waals surface area contributed by atoms with Gasteiger partial charge in [0.25, 0.3) is 5.92 Å². The molecule has 4 aromatic carbocycles. The molecule has 0 aromatic heterocycles. The van der Waals surface area contributed by atoms with E-state index in [1.165, 1.54) is 20.8 Å². The van der Waals surface area contributed by atoms with Gasteiger partial charge in [0.1, 0.15) is 12.2 Å². The predicted octanol–water partition coefficient (Wildman–Crippen LogP) is 11.0. The standard InChI is InChI=1S/C29H37F2NO7.C27H36F2O5.C3H7NO2.CO2/c1-5-24-20(3)25(37-18-21-13-9-7-10-14-21)26(38-19-22-15-11-8-12-16-22)28(4,39-24)29(30,31)17-23(32(34)35)27(33)36-6-2;1-5-22-19(3)23(32-17-20-13-9-7-10-14-20)24(33-18-21-15-11-8-12-16-21)26(4,34-22)27(28,29)25(30)31-6-2;1-2-3-4(5)6;2-1-3/h7-16,20,23-26H,5-6,17-19H2,1-4H3;7-16,19,22-25,30H,5-6,17-18H2,1-4H3;2-3H2,1H3;/t20-,23?,24+,25-,26+,28+;19-,22+,23-,24+,25?,26+;;/m00../s1. The summed E-state index contributed by atoms with van der Waals surface area (Å²) in [6.07, 6.45) is -7.13. The summed E-state index contributed by atoms with van der Waals surface area (Å²) in [5.74, 6) is -9.49. The number of benzene rings is 4. The van der Waals surface area contributed by atoms with E-state index in [1.54, 1.807) is 26.0 Å². The number of nitrogens with zero attached hydrogens (tertiary/aromatic N) is 2. The number of rotatable bonds is 26. The Morgan fingerprint density at radius 1 is 0.634 bits per heavy atom. The minimum atomic E-state index is -3.86. The Hall–Kier alpha value is -6.07. The third-order valence-corrected chi connectivity index (χ3v) is 14.3. The summed E-state index contributed by atoms with van der Waals surface area (Å²) < 4.78 is 111. The van der Waals surface area contributed by atoms with Crippen LogP contribution in [0, 0.1) is 32.1 Å². The molecule has 2 fully saturated rings. The van der Waals surface area contributed by atoms with Crippen molar-refractivity contribution in [2.75, 3.05) is 19.8 Å². The second kappa shape index (κ2) is 34.5. The van der Waals surface area contributed by atoms with Crippen LogP contribution in [0.3, 0.4) is 0 Å². The fourth-order valence-corrected chi connectivity index (χ4v) is 9.71. The van der Waals surface area contributed by atoms with Gasteiger partial charge in [-0.15, -0.1) is 0 Å². The van der Waals surface area contributed by atoms with E-state index in [4.69, 9.17) is 47.5 Å². The van der Waals surface area contributed by atoms with Crippen LogP contribution in [0.4, 0.5) is 17.6 Å². The van der Waals surface area contributed by atoms with Crippen LogP contribution < -0.4 is 0 Å². The highest BCUT2D eigenvalue weighted by atomic mass is 19.3. The third kappa shape index (κ3) is 19.5. The van der Waals surface area contributed by atoms with Gasteiger partial charge in [-0.05, 0) is 62.8 Å². The average molecular weight is 1160 g/mol. The third-order valence-electron chi connectivity index (χ3n) is 14.3. The summed E-state index contributed by atoms with van der Waals surface area (Å²) in [4.78, 5) is 48.2. The maximum atomic E-state index is 16.3. The first-order valence-electron chi connectivity index (χ1n) is 27.4. The molecule has 6 rings (SSSR count). The molecular weight excluding hydrogens is 1080 g/mol. The normalized spacial score (nSPS) is 25.0. The van der Waals surface area contributed by atoms with Gasteiger partial charge in [-0.25, -0.2) is 13.6 Å². The van der Waals surface area contributed by atoms with Crippen molar-refractivity contribution in [3.8, 4) is 0 Å². The highest BCUT2D eigenvalue weighted by Crippen LogP contribution is 2.50. The van der Waals surface area contributed by atoms with Crippen LogP contribution in [-0.2, 0) is 78.7 Å². The Morgan fingerprint density at radius 2 is 0.988 bits per heavy atom. The quantitative estimate of drug-likeness (QED) is 0.0202. The zero-order valence-corrected chi connectivity index (χ0v) is 48.1. The van der Waals surface area contributed by atoms with Crippen LogP contribution in [0.15, 0.2) is 121 Å². The zero-order valence-electron chi connectivity index (χ0n) is 48.1. The summed E-state index contributed by atoms with van der Waals surface area (Å²) in [6, 6.07) is 35.0. The molecule has 12 atom stereocenters. The molecule has 1 N–H and O–H groups in total. The summed E-state index contributed by atoms with van der Waals surface area (Å²) in [7, 11) is 0. The van der Waals surface area contributed by atoms with E-state index in [0.29, 0.717) is 19.3 Å². The number of nitro groups is 2. The first kappa shape index (κ1) is 70.2. The minimum absolute atomic E-state index is 0.00815. The van der Waals surface area contributed by atoms with Crippen molar-refractivity contribution in [1.82, 2.24) is 0 Å². The van der Waals surface area contributed by atoms with Crippen molar-refractivity contribution in [2.45, 2.75) is 186 Å². The average Bonchev–Trinajstić information content (AvgIpc) is 3.64. The van der Waals surface area contributed by atoms with Gasteiger partial charge in [-0.1, -0.05) is 156 Å². The zero-order chi connectivity index (χ0) is 61.1. The van der Waals surface area contributed by atoms with Crippen LogP contribution >= 0.6 is 0 Å². The molecule has 454 valence electrons. The van der Waals surface area contributed by atoms with Gasteiger partial charge in [-0.3, -0.25) is 20.2 Å². The molecule has 2 heterocycles. The lowest BCUT2D eigenvalue weighted by atomic mass is 9.76. The molecule has 2 aliphatic rings. The smallest absolute Gasteiger partial charge is 0.381 e. The van der Waals surface area contributed by atoms with E-state index in [2.05, 4.69) is 0 Å². The van der Waals surface area contributed by atoms with Crippen LogP contribution in [0.2, 0.25) is 0 Å². The van der Waals surface area contributed by atoms with Crippen LogP contribution in [-0.4, -0.2) is 119 Å². The first-order valence-corrected chi connectivity index (χ1v) is 27.4. The number of esters is 1. The van der Waals surface area contributed by atoms with Gasteiger partial charge < -0.3 is 43.0 Å². The molecule has 2 aliphatic heterocycles. The SMILES string of the molecule is CCC[N+](=O)[O-].CCOC(=O)C(CC(F)(F)[C@]1(C)O[C@H](CC)[C@H](C)[C@H](OCc2ccccc2)[C@H]1OCc1ccccc1)[N+](=O)[O-].CCOC(O)C(F)(F)[C@]1(C)O[C@H](CC)[C@H](C)[C@H](OCc2ccccc2)[C@H]1OCc1ccccc1.O=C=O. The fraction of sp³-hybridized carbons (Fsp3) is 0.567. The Morgan fingerprint density at radius 3 is 1.29 bits per heavy atom. The largest absolute Gasteiger partial charge is 0.461 e. The van der Waals surface area contributed by atoms with Gasteiger partial charge in [0.2, 0.25) is 12.8 Å². The van der Waals surface area contributed by atoms with E-state index < -0.39 is 89.3 Å². The number of carbonyl (C=O) groups is 1. The van der Waals surface area contributed by atoms with Crippen molar-refractivity contribution in [1.29, 1.82) is 0 Å². The first-order chi connectivity index (χ1) is 39.0. The number of ether oxygens (including phenoxy) is 8. The molecule has 22 heteroatoms. The topological polar surface area (TPSA) is 232 Å². The Bertz CT molecular complexity index is 2500. The Labute approximate surface area is 477 Å². The lowest BCUT2D eigenvalue weighted by Gasteiger charge is -2.54. The summed E-state index contributed by atoms with van der Waals surface area (Å²) in [5.41, 5.74) is -1.16. The van der Waals surface area contributed by atoms with Gasteiger partial charge in [0.15, 0.2) is 11.2 Å². The number of aliphatic hydroxyl groups is 1. The maximum Gasteiger partial charge on any atom is 0.381 e. The molecule has 0 saturated carbocycles. The van der Waals surface area contributed by atoms with Crippen molar-refractivity contribution in [3.05, 3.63) is 164 Å². The van der Waals surface area contributed by atoms with E-state index in [9.17, 15) is 30.1 Å². The van der Waals surface area contributed by atoms with Crippen molar-refractivity contribution in [3.63, 3.8) is 0 Å². The molecule has 0 radical (unpaired) electrons. The predicted molar refractivity (Wildman–Crippen MR) is 292 cm³/mol. The molecule has 0 bridgehead atoms. The number of carbonyl (C=O) groups excluding carboxylic acids is 3. The van der Waals surface area contributed by atoms with Crippen LogP contribution in [0.5, 0.6) is 0 Å². The highest BCUT2D eigenvalue weighted by molar-refractivity contribution is 5.74. The summed E-state index contributed by atoms with van der Waals surface area (Å²) >= 11 is 0. The summed E-state index contributed by atoms with van der Waals surface area (Å²) in [6.45, 7) is 15.1. The van der Waals surface area contributed by atoms with E-state index in [-0.39, 0.29) is 69.1 Å². The van der Waals surface area contributed by atoms with E-state index >= 15 is 17.6 Å². The molecule has 0 aliphatic carbocycles. The number of halogens is 4. The highest BCUT2D eigenvalue weighted by Gasteiger charge is 2.68. The molecule has 0 spiro atoms. The molecule has 2 unspecified atom stereocenters. The Kier molecular flexibility index (Phi) is 29.5. The number of alkyl halides is 4. The van der Waals surface area contributed by atoms with Crippen LogP contribution in [0.1, 0.15) is 110 Å². The van der Waals surface area contributed by atoms with Crippen molar-refractivity contribution < 1.29 is 84.8 Å². The second-order valence-corrected chi connectivity index (χ2v) is 20.1. The molecule has 82 heavy (non-hydrogen) atoms. The van der Waals surface area contributed by atoms with Crippen molar-refractivity contribution in [2.24, 2.45) is 11.8 Å². The van der Waals surface area contributed by atoms with Gasteiger partial charge >= 0.3 is 24.1 Å². The van der Waals surface area contributed by atoms with Crippen LogP contribution in [0.25, 0.3) is 0 Å². The number of hydrogen-bond acceptors (Lipinski definition) is 16. The lowest BCUT2D eigenvalue weighted by Crippen LogP contribution is -2.71. The fourth-order valence-electron chi connectivity index (χ4n) is 9.71. The number of aliphatic hydroxyl groups excluding tert-OH is 1. The molecule has 2 saturated heterocycles. The molecule has 0 amide bonds. The van der Waals surface area contributed by atoms with Crippen molar-refractivity contribution >= 4 is 12.1 Å². The van der Waals surface area contributed by atoms with Gasteiger partial charge in [0.05, 0.1) is 63.9 Å². The lowest BCUT2D eigenvalue weighted by molar-refractivity contribution is -0.518. The molecule has 4 aromatic rings. The monoisotopic (exact) mass is 1160 g/mol. The van der Waals surface area contributed by atoms with E-state index in [0.717, 1.165) is 22.3 Å². The van der Waals surface area contributed by atoms with Gasteiger partial charge in [0, 0.05) is 34.7 Å². The molecule has 18 nitrogen and oxygen atoms in total. The minimum Gasteiger partial charge on any atom is -0.461 e. The van der Waals surface area contributed by atoms with Gasteiger partial charge in [-0.2, -0.15) is 18.4 Å². The second-order valence-electron chi connectivity index (χ2n) is 20.1. The number of hydrogen-bond donors (Lipinski definition) is 1. The summed E-state index contributed by atoms with van der Waals surface area (Å²) in [5, 5.41) is 31.3. The molecular formula is C60H80F4N2O16. The maximum absolute atomic E-state index is 16.3. The van der Waals surface area contributed by atoms with E-state index in [1.807, 2.05) is 137 Å². The Balaban J connectivity index is 0.000000377.